The molecular weight excluding hydrogens is 465 g/mol. The molecule has 1 saturated carbocycles. The van der Waals surface area contributed by atoms with Crippen molar-refractivity contribution in [3.63, 3.8) is 0 Å². The van der Waals surface area contributed by atoms with E-state index in [4.69, 9.17) is 11.6 Å². The number of nitrogens with zero attached hydrogens (tertiary/aromatic N) is 2. The fourth-order valence-corrected chi connectivity index (χ4v) is 5.60. The molecule has 1 unspecified atom stereocenters. The van der Waals surface area contributed by atoms with Gasteiger partial charge in [-0.1, -0.05) is 18.5 Å². The first-order valence-electron chi connectivity index (χ1n) is 11.5. The van der Waals surface area contributed by atoms with Gasteiger partial charge in [0, 0.05) is 29.1 Å². The number of halogens is 4. The Labute approximate surface area is 198 Å². The Morgan fingerprint density at radius 2 is 1.85 bits per heavy atom. The second-order valence-corrected chi connectivity index (χ2v) is 9.56. The van der Waals surface area contributed by atoms with Crippen LogP contribution in [-0.4, -0.2) is 19.9 Å². The summed E-state index contributed by atoms with van der Waals surface area (Å²) in [6, 6.07) is 6.81. The molecule has 1 aliphatic rings. The SMILES string of the molecule is CCC(c1nc2ncc(Cl)cc2[nH]1)C1CCC(c2cc(=O)[nH]c3ccc(C(F)(F)F)cc23)CC1. The highest BCUT2D eigenvalue weighted by Gasteiger charge is 2.33. The zero-order valence-electron chi connectivity index (χ0n) is 18.5. The molecule has 1 aromatic carbocycles. The van der Waals surface area contributed by atoms with Crippen molar-refractivity contribution < 1.29 is 13.2 Å². The van der Waals surface area contributed by atoms with Gasteiger partial charge in [0.2, 0.25) is 5.56 Å². The number of alkyl halides is 3. The van der Waals surface area contributed by atoms with Crippen LogP contribution in [0.1, 0.15) is 67.8 Å². The molecule has 178 valence electrons. The maximum Gasteiger partial charge on any atom is 0.416 e. The molecule has 34 heavy (non-hydrogen) atoms. The minimum absolute atomic E-state index is 0.0400. The van der Waals surface area contributed by atoms with Gasteiger partial charge in [0.25, 0.3) is 0 Å². The van der Waals surface area contributed by atoms with E-state index in [9.17, 15) is 18.0 Å². The number of aromatic nitrogens is 4. The summed E-state index contributed by atoms with van der Waals surface area (Å²) in [5, 5.41) is 1.03. The molecule has 0 bridgehead atoms. The van der Waals surface area contributed by atoms with E-state index in [1.54, 1.807) is 6.20 Å². The van der Waals surface area contributed by atoms with Gasteiger partial charge in [0.15, 0.2) is 5.65 Å². The molecule has 0 aliphatic heterocycles. The molecule has 0 radical (unpaired) electrons. The highest BCUT2D eigenvalue weighted by Crippen LogP contribution is 2.44. The normalized spacial score (nSPS) is 20.1. The fraction of sp³-hybridized carbons (Fsp3) is 0.400. The number of hydrogen-bond donors (Lipinski definition) is 2. The number of benzene rings is 1. The number of fused-ring (bicyclic) bond motifs is 2. The molecule has 3 heterocycles. The molecule has 0 saturated heterocycles. The smallest absolute Gasteiger partial charge is 0.340 e. The molecule has 2 N–H and O–H groups in total. The summed E-state index contributed by atoms with van der Waals surface area (Å²) in [5.41, 5.74) is 1.61. The van der Waals surface area contributed by atoms with E-state index in [1.807, 2.05) is 6.07 Å². The van der Waals surface area contributed by atoms with Gasteiger partial charge in [-0.15, -0.1) is 0 Å². The van der Waals surface area contributed by atoms with Crippen LogP contribution >= 0.6 is 11.6 Å². The lowest BCUT2D eigenvalue weighted by atomic mass is 9.72. The van der Waals surface area contributed by atoms with Crippen LogP contribution in [0.2, 0.25) is 5.02 Å². The van der Waals surface area contributed by atoms with Gasteiger partial charge in [-0.3, -0.25) is 4.79 Å². The molecule has 4 aromatic rings. The Morgan fingerprint density at radius 1 is 1.09 bits per heavy atom. The van der Waals surface area contributed by atoms with Crippen LogP contribution in [-0.2, 0) is 6.18 Å². The van der Waals surface area contributed by atoms with Crippen molar-refractivity contribution in [3.05, 3.63) is 68.9 Å². The molecule has 1 atom stereocenters. The van der Waals surface area contributed by atoms with E-state index in [1.165, 1.54) is 12.1 Å². The summed E-state index contributed by atoms with van der Waals surface area (Å²) in [4.78, 5) is 27.3. The number of pyridine rings is 2. The van der Waals surface area contributed by atoms with Gasteiger partial charge in [-0.2, -0.15) is 13.2 Å². The van der Waals surface area contributed by atoms with Crippen molar-refractivity contribution in [3.8, 4) is 0 Å². The van der Waals surface area contributed by atoms with E-state index >= 15 is 0 Å². The third-order valence-electron chi connectivity index (χ3n) is 7.10. The summed E-state index contributed by atoms with van der Waals surface area (Å²) < 4.78 is 39.9. The quantitative estimate of drug-likeness (QED) is 0.327. The molecule has 3 aromatic heterocycles. The summed E-state index contributed by atoms with van der Waals surface area (Å²) in [7, 11) is 0. The second-order valence-electron chi connectivity index (χ2n) is 9.12. The number of imidazole rings is 1. The number of rotatable bonds is 4. The summed E-state index contributed by atoms with van der Waals surface area (Å²) in [6.07, 6.45) is 1.48. The predicted molar refractivity (Wildman–Crippen MR) is 126 cm³/mol. The lowest BCUT2D eigenvalue weighted by molar-refractivity contribution is -0.137. The van der Waals surface area contributed by atoms with Crippen LogP contribution in [0.15, 0.2) is 41.3 Å². The van der Waals surface area contributed by atoms with Crippen LogP contribution in [0.4, 0.5) is 13.2 Å². The predicted octanol–water partition coefficient (Wildman–Crippen LogP) is 6.94. The summed E-state index contributed by atoms with van der Waals surface area (Å²) in [6.45, 7) is 2.13. The first-order valence-corrected chi connectivity index (χ1v) is 11.9. The Morgan fingerprint density at radius 3 is 2.56 bits per heavy atom. The van der Waals surface area contributed by atoms with Crippen LogP contribution in [0.3, 0.4) is 0 Å². The van der Waals surface area contributed by atoms with Gasteiger partial charge in [-0.05, 0) is 73.8 Å². The maximum absolute atomic E-state index is 13.3. The molecular formula is C25H24ClF3N4O. The van der Waals surface area contributed by atoms with Crippen molar-refractivity contribution in [2.75, 3.05) is 0 Å². The van der Waals surface area contributed by atoms with E-state index in [2.05, 4.69) is 26.9 Å². The van der Waals surface area contributed by atoms with E-state index < -0.39 is 11.7 Å². The van der Waals surface area contributed by atoms with Crippen LogP contribution in [0.5, 0.6) is 0 Å². The van der Waals surface area contributed by atoms with Crippen LogP contribution in [0.25, 0.3) is 22.1 Å². The monoisotopic (exact) mass is 488 g/mol. The number of aromatic amines is 2. The molecule has 0 amide bonds. The fourth-order valence-electron chi connectivity index (χ4n) is 5.45. The Kier molecular flexibility index (Phi) is 5.88. The van der Waals surface area contributed by atoms with Crippen molar-refractivity contribution >= 4 is 33.7 Å². The Bertz CT molecular complexity index is 1400. The van der Waals surface area contributed by atoms with Crippen LogP contribution < -0.4 is 5.56 Å². The van der Waals surface area contributed by atoms with Gasteiger partial charge in [0.05, 0.1) is 16.1 Å². The first kappa shape index (κ1) is 22.9. The molecule has 5 nitrogen and oxygen atoms in total. The van der Waals surface area contributed by atoms with Crippen molar-refractivity contribution in [1.29, 1.82) is 0 Å². The van der Waals surface area contributed by atoms with E-state index in [0.717, 1.165) is 55.6 Å². The zero-order valence-corrected chi connectivity index (χ0v) is 19.3. The summed E-state index contributed by atoms with van der Waals surface area (Å²) >= 11 is 6.05. The Balaban J connectivity index is 1.40. The highest BCUT2D eigenvalue weighted by molar-refractivity contribution is 6.31. The van der Waals surface area contributed by atoms with Crippen molar-refractivity contribution in [2.45, 2.75) is 57.0 Å². The zero-order chi connectivity index (χ0) is 24.0. The lowest BCUT2D eigenvalue weighted by Crippen LogP contribution is -2.21. The molecule has 9 heteroatoms. The highest BCUT2D eigenvalue weighted by atomic mass is 35.5. The largest absolute Gasteiger partial charge is 0.416 e. The van der Waals surface area contributed by atoms with Gasteiger partial charge in [0.1, 0.15) is 5.82 Å². The maximum atomic E-state index is 13.3. The van der Waals surface area contributed by atoms with Gasteiger partial charge in [-0.25, -0.2) is 9.97 Å². The minimum atomic E-state index is -4.43. The average molecular weight is 489 g/mol. The standard InChI is InChI=1S/C25H24ClF3N4O/c1-2-17(23-32-21-10-16(26)12-30-24(21)33-23)13-3-5-14(6-4-13)18-11-22(34)31-20-8-7-15(9-19(18)20)25(27,28)29/h7-14,17H,2-6H2,1H3,(H,31,34)(H,30,32,33). The van der Waals surface area contributed by atoms with E-state index in [-0.39, 0.29) is 17.4 Å². The summed E-state index contributed by atoms with van der Waals surface area (Å²) in [5.74, 6) is 1.54. The third-order valence-corrected chi connectivity index (χ3v) is 7.30. The number of nitrogens with one attached hydrogen (secondary N) is 2. The minimum Gasteiger partial charge on any atom is -0.340 e. The lowest BCUT2D eigenvalue weighted by Gasteiger charge is -2.33. The van der Waals surface area contributed by atoms with E-state index in [0.29, 0.717) is 33.1 Å². The average Bonchev–Trinajstić information content (AvgIpc) is 3.21. The molecule has 1 fully saturated rings. The number of hydrogen-bond acceptors (Lipinski definition) is 3. The topological polar surface area (TPSA) is 74.4 Å². The van der Waals surface area contributed by atoms with Crippen molar-refractivity contribution in [1.82, 2.24) is 19.9 Å². The number of H-pyrrole nitrogens is 2. The third kappa shape index (κ3) is 4.31. The van der Waals surface area contributed by atoms with Crippen LogP contribution in [0, 0.1) is 5.92 Å². The second kappa shape index (κ2) is 8.73. The van der Waals surface area contributed by atoms with Gasteiger partial charge >= 0.3 is 6.18 Å². The Hall–Kier alpha value is -2.87. The van der Waals surface area contributed by atoms with Gasteiger partial charge < -0.3 is 9.97 Å². The van der Waals surface area contributed by atoms with Crippen molar-refractivity contribution in [2.24, 2.45) is 5.92 Å². The molecule has 5 rings (SSSR count). The molecule has 0 spiro atoms. The first-order chi connectivity index (χ1) is 16.2. The molecule has 1 aliphatic carbocycles.